The van der Waals surface area contributed by atoms with Crippen LogP contribution in [-0.4, -0.2) is 26.7 Å². The monoisotopic (exact) mass is 413 g/mol. The summed E-state index contributed by atoms with van der Waals surface area (Å²) in [4.78, 5) is 0. The van der Waals surface area contributed by atoms with Gasteiger partial charge >= 0.3 is 0 Å². The normalized spacial score (nSPS) is 18.2. The molecule has 6 heteroatoms. The number of hydrogen-bond acceptors (Lipinski definition) is 5. The number of aromatic amines is 1. The van der Waals surface area contributed by atoms with Gasteiger partial charge in [0.2, 0.25) is 5.82 Å². The summed E-state index contributed by atoms with van der Waals surface area (Å²) >= 11 is 0. The van der Waals surface area contributed by atoms with E-state index in [0.717, 1.165) is 47.3 Å². The van der Waals surface area contributed by atoms with Gasteiger partial charge in [-0.2, -0.15) is 5.21 Å². The highest BCUT2D eigenvalue weighted by Crippen LogP contribution is 2.34. The fraction of sp³-hybridized carbons (Fsp3) is 0.320. The fourth-order valence-corrected chi connectivity index (χ4v) is 4.39. The number of H-pyrrole nitrogens is 1. The summed E-state index contributed by atoms with van der Waals surface area (Å²) in [5, 5.41) is 18.2. The van der Waals surface area contributed by atoms with E-state index in [9.17, 15) is 0 Å². The highest BCUT2D eigenvalue weighted by molar-refractivity contribution is 5.80. The molecule has 1 aromatic heterocycles. The van der Waals surface area contributed by atoms with Crippen LogP contribution in [0.15, 0.2) is 71.6 Å². The lowest BCUT2D eigenvalue weighted by Gasteiger charge is -2.31. The molecule has 2 heterocycles. The molecule has 0 amide bonds. The summed E-state index contributed by atoms with van der Waals surface area (Å²) in [6.07, 6.45) is 8.09. The topological polar surface area (TPSA) is 75.7 Å². The number of allylic oxidation sites excluding steroid dienone is 2. The van der Waals surface area contributed by atoms with E-state index in [0.29, 0.717) is 18.5 Å². The second kappa shape index (κ2) is 8.76. The van der Waals surface area contributed by atoms with Crippen molar-refractivity contribution in [2.75, 3.05) is 0 Å². The molecular formula is C25H27N5O. The van der Waals surface area contributed by atoms with Crippen molar-refractivity contribution < 1.29 is 4.74 Å². The molecule has 1 unspecified atom stereocenters. The molecule has 1 atom stereocenters. The molecule has 0 saturated carbocycles. The number of dihydropyridines is 1. The van der Waals surface area contributed by atoms with Gasteiger partial charge in [0.1, 0.15) is 12.4 Å². The Morgan fingerprint density at radius 1 is 1.00 bits per heavy atom. The van der Waals surface area contributed by atoms with E-state index in [-0.39, 0.29) is 0 Å². The Labute approximate surface area is 182 Å². The molecule has 158 valence electrons. The van der Waals surface area contributed by atoms with Gasteiger partial charge in [0, 0.05) is 22.9 Å². The van der Waals surface area contributed by atoms with Crippen LogP contribution in [0.5, 0.6) is 0 Å². The second-order valence-electron chi connectivity index (χ2n) is 8.12. The van der Waals surface area contributed by atoms with Crippen LogP contribution in [0.4, 0.5) is 0 Å². The van der Waals surface area contributed by atoms with E-state index in [1.807, 2.05) is 18.2 Å². The number of rotatable bonds is 6. The maximum Gasteiger partial charge on any atom is 0.205 e. The van der Waals surface area contributed by atoms with Gasteiger partial charge < -0.3 is 10.1 Å². The third kappa shape index (κ3) is 4.10. The Kier molecular flexibility index (Phi) is 5.52. The summed E-state index contributed by atoms with van der Waals surface area (Å²) < 4.78 is 6.33. The highest BCUT2D eigenvalue weighted by atomic mass is 16.5. The smallest absolute Gasteiger partial charge is 0.205 e. The lowest BCUT2D eigenvalue weighted by atomic mass is 9.90. The summed E-state index contributed by atoms with van der Waals surface area (Å²) in [6.45, 7) is 2.79. The van der Waals surface area contributed by atoms with Crippen LogP contribution in [0.1, 0.15) is 44.6 Å². The Morgan fingerprint density at radius 2 is 1.81 bits per heavy atom. The molecule has 0 bridgehead atoms. The summed E-state index contributed by atoms with van der Waals surface area (Å²) in [5.41, 5.74) is 7.09. The molecule has 2 N–H and O–H groups in total. The number of nitrogens with one attached hydrogen (secondary N) is 2. The number of hydrogen-bond donors (Lipinski definition) is 2. The molecule has 31 heavy (non-hydrogen) atoms. The zero-order valence-electron chi connectivity index (χ0n) is 17.8. The van der Waals surface area contributed by atoms with Crippen molar-refractivity contribution in [2.45, 2.75) is 51.7 Å². The van der Waals surface area contributed by atoms with Gasteiger partial charge in [0.25, 0.3) is 0 Å². The van der Waals surface area contributed by atoms with Crippen molar-refractivity contribution >= 4 is 0 Å². The number of ether oxygens (including phenoxy) is 1. The van der Waals surface area contributed by atoms with Gasteiger partial charge in [-0.25, -0.2) is 0 Å². The molecule has 3 aromatic rings. The molecule has 1 aliphatic carbocycles. The third-order valence-electron chi connectivity index (χ3n) is 6.09. The van der Waals surface area contributed by atoms with Gasteiger partial charge in [-0.05, 0) is 60.1 Å². The van der Waals surface area contributed by atoms with E-state index in [2.05, 4.69) is 69.3 Å². The minimum atomic E-state index is 0.371. The predicted octanol–water partition coefficient (Wildman–Crippen LogP) is 5.14. The van der Waals surface area contributed by atoms with Crippen LogP contribution < -0.4 is 5.32 Å². The standard InChI is InChI=1S/C25H27N5O/c1-2-19-15-24(22-9-5-6-10-23(22)26-19)31-16-17-11-13-18(14-12-17)20-7-3-4-8-21(20)25-27-29-30-28-25/h3-4,7-8,11-15,19,26H,2,5-6,9-10,16H2,1H3,(H,27,28,29,30). The Hall–Kier alpha value is -3.41. The summed E-state index contributed by atoms with van der Waals surface area (Å²) in [6, 6.07) is 17.0. The van der Waals surface area contributed by atoms with Crippen LogP contribution in [0, 0.1) is 0 Å². The number of benzene rings is 2. The van der Waals surface area contributed by atoms with Gasteiger partial charge in [0.05, 0.1) is 0 Å². The van der Waals surface area contributed by atoms with Crippen LogP contribution in [-0.2, 0) is 11.3 Å². The van der Waals surface area contributed by atoms with Crippen LogP contribution in [0.25, 0.3) is 22.5 Å². The summed E-state index contributed by atoms with van der Waals surface area (Å²) in [5.74, 6) is 1.68. The van der Waals surface area contributed by atoms with E-state index in [1.165, 1.54) is 24.1 Å². The minimum absolute atomic E-state index is 0.371. The Balaban J connectivity index is 1.33. The zero-order valence-corrected chi connectivity index (χ0v) is 17.8. The van der Waals surface area contributed by atoms with Crippen molar-refractivity contribution in [3.8, 4) is 22.5 Å². The van der Waals surface area contributed by atoms with Crippen molar-refractivity contribution in [2.24, 2.45) is 0 Å². The molecule has 5 rings (SSSR count). The number of aromatic nitrogens is 4. The first kappa shape index (κ1) is 19.5. The first-order valence-corrected chi connectivity index (χ1v) is 11.1. The predicted molar refractivity (Wildman–Crippen MR) is 121 cm³/mol. The SMILES string of the molecule is CCC1C=C(OCc2ccc(-c3ccccc3-c3nn[nH]n3)cc2)C2=C(CCCC2)N1. The lowest BCUT2D eigenvalue weighted by Crippen LogP contribution is -2.32. The van der Waals surface area contributed by atoms with Crippen molar-refractivity contribution in [3.05, 3.63) is 77.2 Å². The first-order chi connectivity index (χ1) is 15.3. The van der Waals surface area contributed by atoms with Gasteiger partial charge in [-0.15, -0.1) is 10.2 Å². The van der Waals surface area contributed by atoms with E-state index in [1.54, 1.807) is 0 Å². The molecule has 1 aliphatic heterocycles. The van der Waals surface area contributed by atoms with Crippen LogP contribution in [0.3, 0.4) is 0 Å². The van der Waals surface area contributed by atoms with Gasteiger partial charge in [0.15, 0.2) is 0 Å². The van der Waals surface area contributed by atoms with Crippen molar-refractivity contribution in [1.29, 1.82) is 0 Å². The molecule has 0 spiro atoms. The zero-order chi connectivity index (χ0) is 21.0. The average molecular weight is 414 g/mol. The Morgan fingerprint density at radius 3 is 2.58 bits per heavy atom. The van der Waals surface area contributed by atoms with Crippen molar-refractivity contribution in [1.82, 2.24) is 25.9 Å². The van der Waals surface area contributed by atoms with E-state index in [4.69, 9.17) is 4.74 Å². The van der Waals surface area contributed by atoms with E-state index >= 15 is 0 Å². The van der Waals surface area contributed by atoms with Crippen molar-refractivity contribution in [3.63, 3.8) is 0 Å². The average Bonchev–Trinajstić information content (AvgIpc) is 3.37. The number of nitrogens with zero attached hydrogens (tertiary/aromatic N) is 3. The van der Waals surface area contributed by atoms with E-state index < -0.39 is 0 Å². The molecule has 2 aromatic carbocycles. The first-order valence-electron chi connectivity index (χ1n) is 11.1. The molecular weight excluding hydrogens is 386 g/mol. The quantitative estimate of drug-likeness (QED) is 0.585. The highest BCUT2D eigenvalue weighted by Gasteiger charge is 2.24. The fourth-order valence-electron chi connectivity index (χ4n) is 4.39. The molecule has 0 saturated heterocycles. The number of tetrazole rings is 1. The summed E-state index contributed by atoms with van der Waals surface area (Å²) in [7, 11) is 0. The second-order valence-corrected chi connectivity index (χ2v) is 8.12. The molecule has 6 nitrogen and oxygen atoms in total. The van der Waals surface area contributed by atoms with Crippen LogP contribution >= 0.6 is 0 Å². The lowest BCUT2D eigenvalue weighted by molar-refractivity contribution is 0.198. The largest absolute Gasteiger partial charge is 0.489 e. The minimum Gasteiger partial charge on any atom is -0.489 e. The van der Waals surface area contributed by atoms with Gasteiger partial charge in [-0.3, -0.25) is 0 Å². The molecule has 0 fully saturated rings. The van der Waals surface area contributed by atoms with Gasteiger partial charge in [-0.1, -0.05) is 55.5 Å². The third-order valence-corrected chi connectivity index (χ3v) is 6.09. The van der Waals surface area contributed by atoms with Crippen LogP contribution in [0.2, 0.25) is 0 Å². The maximum atomic E-state index is 6.33. The Bertz CT molecular complexity index is 1100. The maximum absolute atomic E-state index is 6.33. The molecule has 2 aliphatic rings. The molecule has 0 radical (unpaired) electrons.